The van der Waals surface area contributed by atoms with Gasteiger partial charge in [-0.05, 0) is 76.5 Å². The van der Waals surface area contributed by atoms with E-state index in [1.54, 1.807) is 12.3 Å². The number of pyridine rings is 1. The Kier molecular flexibility index (Phi) is 6.50. The first-order valence-corrected chi connectivity index (χ1v) is 15.3. The maximum absolute atomic E-state index is 12.8. The van der Waals surface area contributed by atoms with E-state index in [4.69, 9.17) is 14.7 Å². The van der Waals surface area contributed by atoms with E-state index in [1.807, 2.05) is 43.5 Å². The molecule has 1 saturated heterocycles. The molecule has 0 amide bonds. The number of ether oxygens (including phenoxy) is 1. The smallest absolute Gasteiger partial charge is 0.177 e. The van der Waals surface area contributed by atoms with E-state index >= 15 is 0 Å². The van der Waals surface area contributed by atoms with Crippen molar-refractivity contribution in [3.63, 3.8) is 0 Å². The number of hydrogen-bond acceptors (Lipinski definition) is 9. The monoisotopic (exact) mass is 547 g/mol. The maximum Gasteiger partial charge on any atom is 0.177 e. The quantitative estimate of drug-likeness (QED) is 0.304. The van der Waals surface area contributed by atoms with Gasteiger partial charge in [-0.25, -0.2) is 23.4 Å². The average Bonchev–Trinajstić information content (AvgIpc) is 3.69. The molecule has 204 valence electrons. The number of anilines is 4. The van der Waals surface area contributed by atoms with Gasteiger partial charge in [0.25, 0.3) is 0 Å². The summed E-state index contributed by atoms with van der Waals surface area (Å²) < 4.78 is 33.8. The highest BCUT2D eigenvalue weighted by Gasteiger charge is 2.27. The number of aryl methyl sites for hydroxylation is 3. The first-order valence-electron chi connectivity index (χ1n) is 13.4. The van der Waals surface area contributed by atoms with Crippen molar-refractivity contribution in [1.82, 2.24) is 24.5 Å². The molecule has 4 aromatic rings. The van der Waals surface area contributed by atoms with E-state index in [0.29, 0.717) is 46.7 Å². The number of hydrogen-bond donors (Lipinski definition) is 2. The lowest BCUT2D eigenvalue weighted by molar-refractivity contribution is -0.0308. The minimum Gasteiger partial charge on any atom is -0.358 e. The van der Waals surface area contributed by atoms with Crippen LogP contribution in [-0.2, 0) is 14.6 Å². The van der Waals surface area contributed by atoms with E-state index in [0.717, 1.165) is 54.9 Å². The highest BCUT2D eigenvalue weighted by molar-refractivity contribution is 7.90. The number of benzene rings is 1. The third kappa shape index (κ3) is 5.20. The molecule has 1 atom stereocenters. The Balaban J connectivity index is 1.48. The molecule has 0 spiro atoms. The molecule has 6 rings (SSSR count). The van der Waals surface area contributed by atoms with Crippen LogP contribution in [0, 0.1) is 20.8 Å². The van der Waals surface area contributed by atoms with Crippen molar-refractivity contribution < 1.29 is 13.2 Å². The zero-order valence-electron chi connectivity index (χ0n) is 22.7. The highest BCUT2D eigenvalue weighted by atomic mass is 32.2. The summed E-state index contributed by atoms with van der Waals surface area (Å²) in [5, 5.41) is 6.67. The minimum absolute atomic E-state index is 0.162. The summed E-state index contributed by atoms with van der Waals surface area (Å²) in [4.78, 5) is 19.1. The molecule has 39 heavy (non-hydrogen) atoms. The van der Waals surface area contributed by atoms with E-state index in [1.165, 1.54) is 6.26 Å². The second-order valence-electron chi connectivity index (χ2n) is 10.6. The molecule has 1 aliphatic heterocycles. The Labute approximate surface area is 228 Å². The van der Waals surface area contributed by atoms with E-state index in [-0.39, 0.29) is 11.1 Å². The predicted octanol–water partition coefficient (Wildman–Crippen LogP) is 5.61. The summed E-state index contributed by atoms with van der Waals surface area (Å²) >= 11 is 0. The lowest BCUT2D eigenvalue weighted by Gasteiger charge is -2.25. The third-order valence-electron chi connectivity index (χ3n) is 7.44. The molecular weight excluding hydrogens is 514 g/mol. The van der Waals surface area contributed by atoms with Gasteiger partial charge < -0.3 is 15.4 Å². The van der Waals surface area contributed by atoms with E-state index in [9.17, 15) is 8.42 Å². The molecule has 11 heteroatoms. The second-order valence-corrected chi connectivity index (χ2v) is 12.5. The van der Waals surface area contributed by atoms with Gasteiger partial charge in [-0.15, -0.1) is 0 Å². The fourth-order valence-electron chi connectivity index (χ4n) is 5.10. The van der Waals surface area contributed by atoms with Crippen molar-refractivity contribution >= 4 is 44.0 Å². The normalized spacial score (nSPS) is 17.9. The van der Waals surface area contributed by atoms with Gasteiger partial charge in [-0.1, -0.05) is 6.07 Å². The average molecular weight is 548 g/mol. The number of fused-ring (bicyclic) bond motifs is 1. The van der Waals surface area contributed by atoms with Crippen LogP contribution in [0.1, 0.15) is 67.0 Å². The number of nitrogens with zero attached hydrogens (tertiary/aromatic N) is 5. The van der Waals surface area contributed by atoms with Crippen LogP contribution < -0.4 is 10.6 Å². The molecule has 1 saturated carbocycles. The summed E-state index contributed by atoms with van der Waals surface area (Å²) in [5.74, 6) is 2.33. The van der Waals surface area contributed by atoms with Gasteiger partial charge in [0.15, 0.2) is 15.5 Å². The van der Waals surface area contributed by atoms with Crippen LogP contribution in [0.5, 0.6) is 0 Å². The number of nitrogens with one attached hydrogen (secondary N) is 2. The van der Waals surface area contributed by atoms with Crippen LogP contribution in [-0.4, -0.2) is 45.8 Å². The molecule has 4 heterocycles. The van der Waals surface area contributed by atoms with Crippen LogP contribution in [0.4, 0.5) is 23.0 Å². The fourth-order valence-corrected chi connectivity index (χ4v) is 5.97. The molecule has 10 nitrogen and oxygen atoms in total. The zero-order chi connectivity index (χ0) is 27.3. The largest absolute Gasteiger partial charge is 0.358 e. The third-order valence-corrected chi connectivity index (χ3v) is 8.58. The molecule has 2 N–H and O–H groups in total. The maximum atomic E-state index is 12.8. The lowest BCUT2D eigenvalue weighted by atomic mass is 10.1. The number of aromatic nitrogens is 5. The minimum atomic E-state index is -3.48. The van der Waals surface area contributed by atoms with Crippen molar-refractivity contribution in [2.45, 2.75) is 69.9 Å². The van der Waals surface area contributed by atoms with Crippen LogP contribution in [0.15, 0.2) is 35.4 Å². The number of rotatable bonds is 7. The van der Waals surface area contributed by atoms with Gasteiger partial charge in [0.2, 0.25) is 0 Å². The second kappa shape index (κ2) is 9.87. The molecule has 1 unspecified atom stereocenters. The van der Waals surface area contributed by atoms with Crippen molar-refractivity contribution in [2.75, 3.05) is 23.5 Å². The molecule has 2 aliphatic rings. The van der Waals surface area contributed by atoms with Crippen molar-refractivity contribution in [3.8, 4) is 0 Å². The van der Waals surface area contributed by atoms with Gasteiger partial charge in [0.1, 0.15) is 29.2 Å². The molecule has 2 fully saturated rings. The van der Waals surface area contributed by atoms with Gasteiger partial charge in [0.05, 0.1) is 33.9 Å². The molecule has 0 radical (unpaired) electrons. The topological polar surface area (TPSA) is 124 Å². The van der Waals surface area contributed by atoms with Crippen LogP contribution in [0.25, 0.3) is 11.2 Å². The Morgan fingerprint density at radius 3 is 2.44 bits per heavy atom. The summed E-state index contributed by atoms with van der Waals surface area (Å²) in [5.41, 5.74) is 5.18. The summed E-state index contributed by atoms with van der Waals surface area (Å²) in [6, 6.07) is 7.50. The van der Waals surface area contributed by atoms with E-state index in [2.05, 4.69) is 20.6 Å². The molecule has 1 aromatic carbocycles. The Hall–Kier alpha value is -3.57. The Bertz CT molecular complexity index is 1670. The van der Waals surface area contributed by atoms with Gasteiger partial charge >= 0.3 is 0 Å². The zero-order valence-corrected chi connectivity index (χ0v) is 23.5. The summed E-state index contributed by atoms with van der Waals surface area (Å²) in [7, 11) is -3.48. The first-order chi connectivity index (χ1) is 18.7. The molecule has 1 aliphatic carbocycles. The van der Waals surface area contributed by atoms with Crippen molar-refractivity contribution in [3.05, 3.63) is 53.2 Å². The van der Waals surface area contributed by atoms with Gasteiger partial charge in [-0.3, -0.25) is 9.55 Å². The van der Waals surface area contributed by atoms with Gasteiger partial charge in [0, 0.05) is 18.9 Å². The highest BCUT2D eigenvalue weighted by Crippen LogP contribution is 2.42. The number of imidazole rings is 1. The summed E-state index contributed by atoms with van der Waals surface area (Å²) in [6.45, 7) is 6.46. The SMILES string of the molecule is Cc1ncc(Nc2cc(Nc3ccc(C4CC4)cc3S(C)(=O)=O)c3nc(C)n(C4CCCCO4)c3n2)nc1C. The fraction of sp³-hybridized carbons (Fsp3) is 0.429. The summed E-state index contributed by atoms with van der Waals surface area (Å²) in [6.07, 6.45) is 7.92. The van der Waals surface area contributed by atoms with Crippen molar-refractivity contribution in [2.24, 2.45) is 0 Å². The molecular formula is C28H33N7O3S. The van der Waals surface area contributed by atoms with E-state index < -0.39 is 9.84 Å². The van der Waals surface area contributed by atoms with Crippen LogP contribution >= 0.6 is 0 Å². The van der Waals surface area contributed by atoms with Gasteiger partial charge in [-0.2, -0.15) is 0 Å². The predicted molar refractivity (Wildman–Crippen MR) is 151 cm³/mol. The van der Waals surface area contributed by atoms with Crippen LogP contribution in [0.3, 0.4) is 0 Å². The Morgan fingerprint density at radius 1 is 0.923 bits per heavy atom. The Morgan fingerprint density at radius 2 is 1.74 bits per heavy atom. The first kappa shape index (κ1) is 25.7. The lowest BCUT2D eigenvalue weighted by Crippen LogP contribution is -2.19. The standard InChI is InChI=1S/C28H33N7O3S/c1-16-17(2)30-25(15-29-16)33-24-14-22(27-28(34-24)35(18(3)31-27)26-7-5-6-12-38-26)32-21-11-10-20(19-8-9-19)13-23(21)39(4,36)37/h10-11,13-15,19,26H,5-9,12H2,1-4H3,(H2,30,32,33,34). The number of sulfone groups is 1. The van der Waals surface area contributed by atoms with Crippen LogP contribution in [0.2, 0.25) is 0 Å². The molecule has 0 bridgehead atoms. The van der Waals surface area contributed by atoms with Crippen molar-refractivity contribution in [1.29, 1.82) is 0 Å². The molecule has 3 aromatic heterocycles.